The van der Waals surface area contributed by atoms with E-state index in [1.165, 1.54) is 6.42 Å². The lowest BCUT2D eigenvalue weighted by molar-refractivity contribution is -0.132. The number of nitrogens with one attached hydrogen (secondary N) is 2. The number of hydrogen-bond donors (Lipinski definition) is 2. The van der Waals surface area contributed by atoms with Crippen molar-refractivity contribution in [1.82, 2.24) is 15.5 Å². The minimum Gasteiger partial charge on any atom is -0.356 e. The number of carbonyl (C=O) groups is 1. The SMILES string of the molecule is CCCNC(=NC)NCCC(=O)N1CCCC(C)C1. The van der Waals surface area contributed by atoms with Crippen LogP contribution in [-0.4, -0.2) is 50.0 Å². The summed E-state index contributed by atoms with van der Waals surface area (Å²) in [4.78, 5) is 18.2. The van der Waals surface area contributed by atoms with Crippen LogP contribution in [0.5, 0.6) is 0 Å². The third-order valence-corrected chi connectivity index (χ3v) is 3.41. The predicted molar refractivity (Wildman–Crippen MR) is 79.3 cm³/mol. The van der Waals surface area contributed by atoms with Crippen molar-refractivity contribution in [3.8, 4) is 0 Å². The average molecular weight is 268 g/mol. The smallest absolute Gasteiger partial charge is 0.224 e. The summed E-state index contributed by atoms with van der Waals surface area (Å²) in [6.45, 7) is 7.72. The summed E-state index contributed by atoms with van der Waals surface area (Å²) >= 11 is 0. The molecular formula is C14H28N4O. The van der Waals surface area contributed by atoms with Gasteiger partial charge >= 0.3 is 0 Å². The first-order valence-corrected chi connectivity index (χ1v) is 7.39. The fourth-order valence-electron chi connectivity index (χ4n) is 2.33. The van der Waals surface area contributed by atoms with Gasteiger partial charge < -0.3 is 15.5 Å². The van der Waals surface area contributed by atoms with Crippen LogP contribution in [0.3, 0.4) is 0 Å². The molecule has 1 rings (SSSR count). The van der Waals surface area contributed by atoms with Gasteiger partial charge in [-0.1, -0.05) is 13.8 Å². The quantitative estimate of drug-likeness (QED) is 0.582. The fourth-order valence-corrected chi connectivity index (χ4v) is 2.33. The normalized spacial score (nSPS) is 20.3. The maximum Gasteiger partial charge on any atom is 0.224 e. The Balaban J connectivity index is 2.22. The van der Waals surface area contributed by atoms with Gasteiger partial charge in [0.2, 0.25) is 5.91 Å². The molecule has 1 unspecified atom stereocenters. The summed E-state index contributed by atoms with van der Waals surface area (Å²) in [7, 11) is 1.75. The Morgan fingerprint density at radius 2 is 2.11 bits per heavy atom. The van der Waals surface area contributed by atoms with Crippen molar-refractivity contribution in [2.75, 3.05) is 33.2 Å². The van der Waals surface area contributed by atoms with Crippen LogP contribution >= 0.6 is 0 Å². The fraction of sp³-hybridized carbons (Fsp3) is 0.857. The van der Waals surface area contributed by atoms with Gasteiger partial charge in [-0.3, -0.25) is 9.79 Å². The van der Waals surface area contributed by atoms with Crippen LogP contribution in [0.4, 0.5) is 0 Å². The molecule has 1 fully saturated rings. The zero-order valence-corrected chi connectivity index (χ0v) is 12.5. The standard InChI is InChI=1S/C14H28N4O/c1-4-8-16-14(15-3)17-9-7-13(19)18-10-5-6-12(2)11-18/h12H,4-11H2,1-3H3,(H2,15,16,17). The van der Waals surface area contributed by atoms with Crippen LogP contribution in [0, 0.1) is 5.92 Å². The average Bonchev–Trinajstić information content (AvgIpc) is 2.42. The second-order valence-corrected chi connectivity index (χ2v) is 5.26. The summed E-state index contributed by atoms with van der Waals surface area (Å²) < 4.78 is 0. The molecule has 1 saturated heterocycles. The first kappa shape index (κ1) is 15.8. The van der Waals surface area contributed by atoms with Crippen LogP contribution in [-0.2, 0) is 4.79 Å². The third-order valence-electron chi connectivity index (χ3n) is 3.41. The number of amides is 1. The van der Waals surface area contributed by atoms with Gasteiger partial charge in [0.05, 0.1) is 0 Å². The summed E-state index contributed by atoms with van der Waals surface area (Å²) in [5.74, 6) is 1.68. The molecule has 0 spiro atoms. The zero-order valence-electron chi connectivity index (χ0n) is 12.5. The molecule has 110 valence electrons. The first-order valence-electron chi connectivity index (χ1n) is 7.39. The molecule has 5 heteroatoms. The molecule has 1 amide bonds. The van der Waals surface area contributed by atoms with Gasteiger partial charge in [-0.25, -0.2) is 0 Å². The number of guanidine groups is 1. The number of rotatable bonds is 5. The van der Waals surface area contributed by atoms with E-state index in [2.05, 4.69) is 29.5 Å². The molecular weight excluding hydrogens is 240 g/mol. The molecule has 2 N–H and O–H groups in total. The second-order valence-electron chi connectivity index (χ2n) is 5.26. The Labute approximate surface area is 116 Å². The van der Waals surface area contributed by atoms with Crippen molar-refractivity contribution < 1.29 is 4.79 Å². The molecule has 1 atom stereocenters. The second kappa shape index (κ2) is 8.77. The van der Waals surface area contributed by atoms with Crippen molar-refractivity contribution in [2.24, 2.45) is 10.9 Å². The van der Waals surface area contributed by atoms with E-state index in [4.69, 9.17) is 0 Å². The molecule has 0 aliphatic carbocycles. The molecule has 0 aromatic carbocycles. The highest BCUT2D eigenvalue weighted by Gasteiger charge is 2.20. The monoisotopic (exact) mass is 268 g/mol. The third kappa shape index (κ3) is 5.94. The van der Waals surface area contributed by atoms with Crippen molar-refractivity contribution in [3.63, 3.8) is 0 Å². The van der Waals surface area contributed by atoms with Crippen molar-refractivity contribution in [1.29, 1.82) is 0 Å². The molecule has 0 bridgehead atoms. The van der Waals surface area contributed by atoms with Crippen molar-refractivity contribution >= 4 is 11.9 Å². The molecule has 1 aliphatic rings. The summed E-state index contributed by atoms with van der Waals surface area (Å²) in [5.41, 5.74) is 0. The molecule has 0 saturated carbocycles. The Morgan fingerprint density at radius 1 is 1.37 bits per heavy atom. The Hall–Kier alpha value is -1.26. The molecule has 0 aromatic heterocycles. The Kier molecular flexibility index (Phi) is 7.30. The number of nitrogens with zero attached hydrogens (tertiary/aromatic N) is 2. The maximum atomic E-state index is 12.1. The molecule has 0 aromatic rings. The van der Waals surface area contributed by atoms with Crippen LogP contribution in [0.1, 0.15) is 39.5 Å². The van der Waals surface area contributed by atoms with E-state index in [1.807, 2.05) is 4.90 Å². The number of carbonyl (C=O) groups excluding carboxylic acids is 1. The largest absolute Gasteiger partial charge is 0.356 e. The lowest BCUT2D eigenvalue weighted by Crippen LogP contribution is -2.42. The van der Waals surface area contributed by atoms with E-state index in [0.29, 0.717) is 18.9 Å². The van der Waals surface area contributed by atoms with E-state index in [1.54, 1.807) is 7.05 Å². The summed E-state index contributed by atoms with van der Waals surface area (Å²) in [5, 5.41) is 6.37. The highest BCUT2D eigenvalue weighted by atomic mass is 16.2. The first-order chi connectivity index (χ1) is 9.17. The van der Waals surface area contributed by atoms with Crippen LogP contribution in [0.25, 0.3) is 0 Å². The summed E-state index contributed by atoms with van der Waals surface area (Å²) in [6.07, 6.45) is 3.99. The van der Waals surface area contributed by atoms with E-state index < -0.39 is 0 Å². The van der Waals surface area contributed by atoms with Gasteiger partial charge in [0.15, 0.2) is 5.96 Å². The van der Waals surface area contributed by atoms with E-state index in [9.17, 15) is 4.79 Å². The van der Waals surface area contributed by atoms with E-state index >= 15 is 0 Å². The minimum absolute atomic E-state index is 0.255. The molecule has 1 aliphatic heterocycles. The number of piperidine rings is 1. The van der Waals surface area contributed by atoms with Gasteiger partial charge in [0.1, 0.15) is 0 Å². The van der Waals surface area contributed by atoms with Crippen LogP contribution < -0.4 is 10.6 Å². The van der Waals surface area contributed by atoms with E-state index in [-0.39, 0.29) is 5.91 Å². The highest BCUT2D eigenvalue weighted by Crippen LogP contribution is 2.15. The highest BCUT2D eigenvalue weighted by molar-refractivity contribution is 5.81. The van der Waals surface area contributed by atoms with Gasteiger partial charge in [-0.15, -0.1) is 0 Å². The topological polar surface area (TPSA) is 56.7 Å². The van der Waals surface area contributed by atoms with Crippen molar-refractivity contribution in [3.05, 3.63) is 0 Å². The van der Waals surface area contributed by atoms with Gasteiger partial charge in [-0.2, -0.15) is 0 Å². The zero-order chi connectivity index (χ0) is 14.1. The molecule has 5 nitrogen and oxygen atoms in total. The van der Waals surface area contributed by atoms with Gasteiger partial charge in [0, 0.05) is 39.6 Å². The molecule has 1 heterocycles. The molecule has 0 radical (unpaired) electrons. The van der Waals surface area contributed by atoms with E-state index in [0.717, 1.165) is 38.4 Å². The molecule has 19 heavy (non-hydrogen) atoms. The summed E-state index contributed by atoms with van der Waals surface area (Å²) in [6, 6.07) is 0. The minimum atomic E-state index is 0.255. The Morgan fingerprint density at radius 3 is 2.74 bits per heavy atom. The predicted octanol–water partition coefficient (Wildman–Crippen LogP) is 1.21. The number of hydrogen-bond acceptors (Lipinski definition) is 2. The number of likely N-dealkylation sites (tertiary alicyclic amines) is 1. The maximum absolute atomic E-state index is 12.1. The van der Waals surface area contributed by atoms with Gasteiger partial charge in [-0.05, 0) is 25.2 Å². The van der Waals surface area contributed by atoms with Crippen LogP contribution in [0.15, 0.2) is 4.99 Å². The van der Waals surface area contributed by atoms with Crippen LogP contribution in [0.2, 0.25) is 0 Å². The lowest BCUT2D eigenvalue weighted by Gasteiger charge is -2.31. The lowest BCUT2D eigenvalue weighted by atomic mass is 10.00. The Bertz CT molecular complexity index is 304. The number of aliphatic imine (C=N–C) groups is 1. The van der Waals surface area contributed by atoms with Gasteiger partial charge in [0.25, 0.3) is 0 Å². The van der Waals surface area contributed by atoms with Crippen molar-refractivity contribution in [2.45, 2.75) is 39.5 Å².